The van der Waals surface area contributed by atoms with Gasteiger partial charge in [0.1, 0.15) is 0 Å². The third-order valence-corrected chi connectivity index (χ3v) is 3.24. The Kier molecular flexibility index (Phi) is 3.53. The van der Waals surface area contributed by atoms with Crippen molar-refractivity contribution < 1.29 is 5.11 Å². The highest BCUT2D eigenvalue weighted by Gasteiger charge is 2.15. The summed E-state index contributed by atoms with van der Waals surface area (Å²) in [4.78, 5) is 0. The zero-order chi connectivity index (χ0) is 13.2. The molecular formula is C17H20O. The van der Waals surface area contributed by atoms with E-state index in [1.54, 1.807) is 0 Å². The summed E-state index contributed by atoms with van der Waals surface area (Å²) >= 11 is 0. The molecule has 2 rings (SSSR count). The summed E-state index contributed by atoms with van der Waals surface area (Å²) in [5, 5.41) is 10.1. The average Bonchev–Trinajstić information content (AvgIpc) is 2.38. The molecule has 94 valence electrons. The Morgan fingerprint density at radius 3 is 2.17 bits per heavy atom. The number of aryl methyl sites for hydroxylation is 1. The van der Waals surface area contributed by atoms with Gasteiger partial charge in [-0.1, -0.05) is 49.4 Å². The van der Waals surface area contributed by atoms with E-state index < -0.39 is 5.60 Å². The van der Waals surface area contributed by atoms with E-state index in [0.29, 0.717) is 0 Å². The molecule has 0 bridgehead atoms. The molecule has 2 aromatic rings. The second-order valence-electron chi connectivity index (χ2n) is 5.19. The van der Waals surface area contributed by atoms with Crippen LogP contribution < -0.4 is 0 Å². The Hall–Kier alpha value is -1.60. The molecule has 0 aromatic heterocycles. The van der Waals surface area contributed by atoms with Gasteiger partial charge in [-0.3, -0.25) is 0 Å². The molecule has 0 unspecified atom stereocenters. The largest absolute Gasteiger partial charge is 0.386 e. The maximum atomic E-state index is 10.1. The van der Waals surface area contributed by atoms with E-state index in [9.17, 15) is 5.11 Å². The molecule has 0 spiro atoms. The summed E-state index contributed by atoms with van der Waals surface area (Å²) in [5.41, 5.74) is 3.85. The highest BCUT2D eigenvalue weighted by Crippen LogP contribution is 2.26. The Morgan fingerprint density at radius 1 is 0.944 bits per heavy atom. The monoisotopic (exact) mass is 240 g/mol. The van der Waals surface area contributed by atoms with Crippen LogP contribution in [-0.4, -0.2) is 5.11 Å². The van der Waals surface area contributed by atoms with Gasteiger partial charge in [0.15, 0.2) is 0 Å². The Bertz CT molecular complexity index is 535. The SMILES string of the molecule is CCc1cccc(-c2cccc(C(C)(C)O)c2)c1. The van der Waals surface area contributed by atoms with Crippen LogP contribution in [0.15, 0.2) is 48.5 Å². The third-order valence-electron chi connectivity index (χ3n) is 3.24. The topological polar surface area (TPSA) is 20.2 Å². The van der Waals surface area contributed by atoms with Gasteiger partial charge < -0.3 is 5.11 Å². The molecule has 0 heterocycles. The van der Waals surface area contributed by atoms with Crippen molar-refractivity contribution in [1.29, 1.82) is 0 Å². The molecule has 0 saturated carbocycles. The Balaban J connectivity index is 2.44. The number of rotatable bonds is 3. The van der Waals surface area contributed by atoms with Crippen molar-refractivity contribution in [2.24, 2.45) is 0 Å². The first kappa shape index (κ1) is 12.8. The summed E-state index contributed by atoms with van der Waals surface area (Å²) in [6.07, 6.45) is 1.04. The fourth-order valence-corrected chi connectivity index (χ4v) is 2.05. The van der Waals surface area contributed by atoms with E-state index in [0.717, 1.165) is 17.5 Å². The van der Waals surface area contributed by atoms with E-state index in [1.165, 1.54) is 11.1 Å². The summed E-state index contributed by atoms with van der Waals surface area (Å²) in [6.45, 7) is 5.79. The fourth-order valence-electron chi connectivity index (χ4n) is 2.05. The van der Waals surface area contributed by atoms with Gasteiger partial charge in [0.05, 0.1) is 5.60 Å². The number of hydrogen-bond donors (Lipinski definition) is 1. The number of benzene rings is 2. The van der Waals surface area contributed by atoms with Crippen LogP contribution in [0.25, 0.3) is 11.1 Å². The lowest BCUT2D eigenvalue weighted by Crippen LogP contribution is -2.15. The van der Waals surface area contributed by atoms with Crippen LogP contribution in [-0.2, 0) is 12.0 Å². The van der Waals surface area contributed by atoms with E-state index in [2.05, 4.69) is 43.3 Å². The highest BCUT2D eigenvalue weighted by molar-refractivity contribution is 5.65. The second-order valence-corrected chi connectivity index (χ2v) is 5.19. The van der Waals surface area contributed by atoms with Crippen molar-refractivity contribution in [3.05, 3.63) is 59.7 Å². The van der Waals surface area contributed by atoms with Gasteiger partial charge in [-0.15, -0.1) is 0 Å². The van der Waals surface area contributed by atoms with Crippen LogP contribution in [0, 0.1) is 0 Å². The molecule has 0 aliphatic rings. The van der Waals surface area contributed by atoms with Gasteiger partial charge >= 0.3 is 0 Å². The first-order chi connectivity index (χ1) is 8.50. The van der Waals surface area contributed by atoms with Gasteiger partial charge in [0.25, 0.3) is 0 Å². The van der Waals surface area contributed by atoms with E-state index in [4.69, 9.17) is 0 Å². The lowest BCUT2D eigenvalue weighted by molar-refractivity contribution is 0.0786. The van der Waals surface area contributed by atoms with Crippen LogP contribution in [0.3, 0.4) is 0 Å². The van der Waals surface area contributed by atoms with Crippen molar-refractivity contribution in [2.45, 2.75) is 32.8 Å². The van der Waals surface area contributed by atoms with Crippen molar-refractivity contribution in [3.8, 4) is 11.1 Å². The first-order valence-corrected chi connectivity index (χ1v) is 6.43. The van der Waals surface area contributed by atoms with Crippen LogP contribution in [0.5, 0.6) is 0 Å². The molecule has 0 atom stereocenters. The van der Waals surface area contributed by atoms with Crippen molar-refractivity contribution >= 4 is 0 Å². The summed E-state index contributed by atoms with van der Waals surface area (Å²) < 4.78 is 0. The number of aliphatic hydroxyl groups is 1. The minimum Gasteiger partial charge on any atom is -0.386 e. The molecule has 0 radical (unpaired) electrons. The normalized spacial score (nSPS) is 11.6. The molecule has 18 heavy (non-hydrogen) atoms. The lowest BCUT2D eigenvalue weighted by atomic mass is 9.94. The van der Waals surface area contributed by atoms with Crippen LogP contribution in [0.1, 0.15) is 31.9 Å². The van der Waals surface area contributed by atoms with E-state index in [1.807, 2.05) is 26.0 Å². The van der Waals surface area contributed by atoms with Gasteiger partial charge in [-0.05, 0) is 48.6 Å². The van der Waals surface area contributed by atoms with Crippen LogP contribution in [0.2, 0.25) is 0 Å². The van der Waals surface area contributed by atoms with E-state index >= 15 is 0 Å². The molecule has 0 fully saturated rings. The summed E-state index contributed by atoms with van der Waals surface area (Å²) in [6, 6.07) is 16.7. The minimum atomic E-state index is -0.793. The molecule has 0 aliphatic heterocycles. The fraction of sp³-hybridized carbons (Fsp3) is 0.294. The average molecular weight is 240 g/mol. The first-order valence-electron chi connectivity index (χ1n) is 6.43. The number of hydrogen-bond acceptors (Lipinski definition) is 1. The van der Waals surface area contributed by atoms with Crippen LogP contribution >= 0.6 is 0 Å². The van der Waals surface area contributed by atoms with Crippen LogP contribution in [0.4, 0.5) is 0 Å². The Labute approximate surface area is 109 Å². The van der Waals surface area contributed by atoms with E-state index in [-0.39, 0.29) is 0 Å². The van der Waals surface area contributed by atoms with Crippen molar-refractivity contribution in [1.82, 2.24) is 0 Å². The molecule has 0 saturated heterocycles. The quantitative estimate of drug-likeness (QED) is 0.854. The van der Waals surface area contributed by atoms with Gasteiger partial charge in [0.2, 0.25) is 0 Å². The summed E-state index contributed by atoms with van der Waals surface area (Å²) in [7, 11) is 0. The molecular weight excluding hydrogens is 220 g/mol. The predicted molar refractivity (Wildman–Crippen MR) is 76.5 cm³/mol. The lowest BCUT2D eigenvalue weighted by Gasteiger charge is -2.18. The zero-order valence-electron chi connectivity index (χ0n) is 11.3. The molecule has 2 aromatic carbocycles. The maximum absolute atomic E-state index is 10.1. The van der Waals surface area contributed by atoms with Gasteiger partial charge in [0, 0.05) is 0 Å². The van der Waals surface area contributed by atoms with Gasteiger partial charge in [-0.2, -0.15) is 0 Å². The Morgan fingerprint density at radius 2 is 1.56 bits per heavy atom. The minimum absolute atomic E-state index is 0.793. The molecule has 1 heteroatoms. The molecule has 1 N–H and O–H groups in total. The third kappa shape index (κ3) is 2.80. The van der Waals surface area contributed by atoms with Gasteiger partial charge in [-0.25, -0.2) is 0 Å². The zero-order valence-corrected chi connectivity index (χ0v) is 11.3. The summed E-state index contributed by atoms with van der Waals surface area (Å²) in [5.74, 6) is 0. The van der Waals surface area contributed by atoms with Crippen molar-refractivity contribution in [3.63, 3.8) is 0 Å². The molecule has 0 aliphatic carbocycles. The second kappa shape index (κ2) is 4.95. The molecule has 0 amide bonds. The molecule has 1 nitrogen and oxygen atoms in total. The smallest absolute Gasteiger partial charge is 0.0840 e. The van der Waals surface area contributed by atoms with Crippen molar-refractivity contribution in [2.75, 3.05) is 0 Å². The maximum Gasteiger partial charge on any atom is 0.0840 e. The predicted octanol–water partition coefficient (Wildman–Crippen LogP) is 4.14. The highest BCUT2D eigenvalue weighted by atomic mass is 16.3. The standard InChI is InChI=1S/C17H20O/c1-4-13-7-5-8-14(11-13)15-9-6-10-16(12-15)17(2,3)18/h5-12,18H,4H2,1-3H3.